The highest BCUT2D eigenvalue weighted by atomic mass is 32.1. The first kappa shape index (κ1) is 25.1. The van der Waals surface area contributed by atoms with E-state index in [2.05, 4.69) is 5.32 Å². The second-order valence-corrected chi connectivity index (χ2v) is 8.38. The Morgan fingerprint density at radius 2 is 1.72 bits per heavy atom. The van der Waals surface area contributed by atoms with Gasteiger partial charge in [0.05, 0.1) is 12.3 Å². The first-order chi connectivity index (χ1) is 17.4. The highest BCUT2D eigenvalue weighted by Crippen LogP contribution is 2.31. The van der Waals surface area contributed by atoms with Crippen LogP contribution in [0.1, 0.15) is 30.5 Å². The van der Waals surface area contributed by atoms with Crippen LogP contribution < -0.4 is 19.7 Å². The maximum Gasteiger partial charge on any atom is 0.270 e. The molecule has 0 aliphatic carbocycles. The summed E-state index contributed by atoms with van der Waals surface area (Å²) in [5.41, 5.74) is 2.60. The molecular formula is C28H25FN2O4S. The molecule has 8 heteroatoms. The molecule has 6 nitrogen and oxygen atoms in total. The molecule has 0 spiro atoms. The molecule has 2 amide bonds. The number of nitrogens with one attached hydrogen (secondary N) is 1. The molecule has 0 aromatic heterocycles. The number of ether oxygens (including phenoxy) is 2. The maximum atomic E-state index is 14.0. The van der Waals surface area contributed by atoms with Crippen molar-refractivity contribution in [2.45, 2.75) is 26.9 Å². The fourth-order valence-corrected chi connectivity index (χ4v) is 3.99. The van der Waals surface area contributed by atoms with Gasteiger partial charge in [0.2, 0.25) is 0 Å². The second-order valence-electron chi connectivity index (χ2n) is 8.00. The molecule has 4 rings (SSSR count). The van der Waals surface area contributed by atoms with Crippen molar-refractivity contribution in [3.8, 4) is 11.5 Å². The molecule has 1 fully saturated rings. The molecule has 1 aliphatic rings. The first-order valence-corrected chi connectivity index (χ1v) is 12.0. The number of carbonyl (C=O) groups excluding carboxylic acids is 2. The molecule has 3 aromatic carbocycles. The zero-order chi connectivity index (χ0) is 25.7. The molecule has 0 atom stereocenters. The predicted octanol–water partition coefficient (Wildman–Crippen LogP) is 5.20. The van der Waals surface area contributed by atoms with Crippen molar-refractivity contribution >= 4 is 40.9 Å². The minimum atomic E-state index is -0.579. The largest absolute Gasteiger partial charge is 0.490 e. The van der Waals surface area contributed by atoms with Gasteiger partial charge in [-0.25, -0.2) is 4.39 Å². The van der Waals surface area contributed by atoms with Crippen LogP contribution in [0.2, 0.25) is 0 Å². The number of anilines is 1. The van der Waals surface area contributed by atoms with Crippen molar-refractivity contribution in [1.29, 1.82) is 0 Å². The van der Waals surface area contributed by atoms with Crippen molar-refractivity contribution in [3.63, 3.8) is 0 Å². The van der Waals surface area contributed by atoms with Crippen LogP contribution in [0.15, 0.2) is 72.3 Å². The lowest BCUT2D eigenvalue weighted by Gasteiger charge is -2.29. The lowest BCUT2D eigenvalue weighted by atomic mass is 10.1. The Morgan fingerprint density at radius 1 is 0.972 bits per heavy atom. The number of nitrogens with zero attached hydrogens (tertiary/aromatic N) is 1. The summed E-state index contributed by atoms with van der Waals surface area (Å²) in [5, 5.41) is 2.62. The summed E-state index contributed by atoms with van der Waals surface area (Å²) in [6, 6.07) is 18.8. The molecule has 0 radical (unpaired) electrons. The smallest absolute Gasteiger partial charge is 0.270 e. The van der Waals surface area contributed by atoms with Gasteiger partial charge >= 0.3 is 0 Å². The zero-order valence-electron chi connectivity index (χ0n) is 19.9. The number of aryl methyl sites for hydroxylation is 1. The normalized spacial score (nSPS) is 14.7. The Morgan fingerprint density at radius 3 is 2.42 bits per heavy atom. The molecule has 0 saturated carbocycles. The summed E-state index contributed by atoms with van der Waals surface area (Å²) in [6.07, 6.45) is 2.35. The van der Waals surface area contributed by atoms with Gasteiger partial charge in [-0.3, -0.25) is 19.8 Å². The van der Waals surface area contributed by atoms with Crippen LogP contribution in [-0.4, -0.2) is 23.5 Å². The molecule has 184 valence electrons. The Hall–Kier alpha value is -4.04. The van der Waals surface area contributed by atoms with Gasteiger partial charge in [-0.1, -0.05) is 43.3 Å². The van der Waals surface area contributed by atoms with Gasteiger partial charge < -0.3 is 9.47 Å². The first-order valence-electron chi connectivity index (χ1n) is 11.5. The number of thiocarbonyl (C=S) groups is 1. The highest BCUT2D eigenvalue weighted by molar-refractivity contribution is 7.80. The monoisotopic (exact) mass is 504 g/mol. The quantitative estimate of drug-likeness (QED) is 0.260. The molecule has 36 heavy (non-hydrogen) atoms. The van der Waals surface area contributed by atoms with Crippen LogP contribution in [0.4, 0.5) is 10.1 Å². The van der Waals surface area contributed by atoms with E-state index in [0.717, 1.165) is 12.0 Å². The van der Waals surface area contributed by atoms with Gasteiger partial charge in [0.1, 0.15) is 18.0 Å². The van der Waals surface area contributed by atoms with Gasteiger partial charge in [0.15, 0.2) is 16.6 Å². The minimum Gasteiger partial charge on any atom is -0.490 e. The molecule has 0 unspecified atom stereocenters. The topological polar surface area (TPSA) is 67.9 Å². The average Bonchev–Trinajstić information content (AvgIpc) is 2.87. The van der Waals surface area contributed by atoms with Crippen LogP contribution >= 0.6 is 12.2 Å². The third-order valence-corrected chi connectivity index (χ3v) is 5.91. The summed E-state index contributed by atoms with van der Waals surface area (Å²) < 4.78 is 25.5. The standard InChI is InChI=1S/C28H25FN2O4S/c1-3-18-9-12-21(13-10-18)31-27(33)22(26(32)30-28(31)36)15-19-11-14-24(25(16-19)34-4-2)35-17-20-7-5-6-8-23(20)29/h5-16H,3-4,17H2,1-2H3,(H,30,32,36)/b22-15+. The molecule has 1 N–H and O–H groups in total. The summed E-state index contributed by atoms with van der Waals surface area (Å²) in [6.45, 7) is 4.26. The summed E-state index contributed by atoms with van der Waals surface area (Å²) in [5.74, 6) is -0.629. The summed E-state index contributed by atoms with van der Waals surface area (Å²) in [7, 11) is 0. The van der Waals surface area contributed by atoms with Crippen LogP contribution in [-0.2, 0) is 22.6 Å². The number of hydrogen-bond donors (Lipinski definition) is 1. The van der Waals surface area contributed by atoms with E-state index < -0.39 is 11.8 Å². The van der Waals surface area contributed by atoms with Gasteiger partial charge in [-0.2, -0.15) is 0 Å². The number of amides is 2. The number of benzene rings is 3. The molecule has 1 saturated heterocycles. The van der Waals surface area contributed by atoms with Crippen molar-refractivity contribution in [2.24, 2.45) is 0 Å². The molecule has 1 heterocycles. The molecule has 0 bridgehead atoms. The van der Waals surface area contributed by atoms with E-state index in [1.54, 1.807) is 48.5 Å². The number of hydrogen-bond acceptors (Lipinski definition) is 5. The van der Waals surface area contributed by atoms with Crippen molar-refractivity contribution in [2.75, 3.05) is 11.5 Å². The van der Waals surface area contributed by atoms with Crippen LogP contribution in [0.25, 0.3) is 6.08 Å². The third kappa shape index (κ3) is 5.44. The SMILES string of the molecule is CCOc1cc(/C=C2\C(=O)NC(=S)N(c3ccc(CC)cc3)C2=O)ccc1OCc1ccccc1F. The van der Waals surface area contributed by atoms with Crippen LogP contribution in [0.5, 0.6) is 11.5 Å². The van der Waals surface area contributed by atoms with E-state index in [1.807, 2.05) is 26.0 Å². The average molecular weight is 505 g/mol. The highest BCUT2D eigenvalue weighted by Gasteiger charge is 2.34. The van der Waals surface area contributed by atoms with E-state index in [9.17, 15) is 14.0 Å². The molecule has 1 aliphatic heterocycles. The van der Waals surface area contributed by atoms with Crippen LogP contribution in [0.3, 0.4) is 0 Å². The number of halogens is 1. The Bertz CT molecular complexity index is 1340. The lowest BCUT2D eigenvalue weighted by Crippen LogP contribution is -2.54. The zero-order valence-corrected chi connectivity index (χ0v) is 20.7. The van der Waals surface area contributed by atoms with Gasteiger partial charge in [0, 0.05) is 5.56 Å². The van der Waals surface area contributed by atoms with Gasteiger partial charge in [-0.05, 0) is 73.1 Å². The number of rotatable bonds is 8. The lowest BCUT2D eigenvalue weighted by molar-refractivity contribution is -0.122. The minimum absolute atomic E-state index is 0.0251. The molecular weight excluding hydrogens is 479 g/mol. The Kier molecular flexibility index (Phi) is 7.75. The van der Waals surface area contributed by atoms with Crippen molar-refractivity contribution in [1.82, 2.24) is 5.32 Å². The fraction of sp³-hybridized carbons (Fsp3) is 0.179. The number of carbonyl (C=O) groups is 2. The van der Waals surface area contributed by atoms with E-state index in [1.165, 1.54) is 17.0 Å². The van der Waals surface area contributed by atoms with E-state index in [4.69, 9.17) is 21.7 Å². The van der Waals surface area contributed by atoms with E-state index in [-0.39, 0.29) is 23.1 Å². The van der Waals surface area contributed by atoms with Crippen molar-refractivity contribution in [3.05, 3.63) is 94.8 Å². The maximum absolute atomic E-state index is 14.0. The van der Waals surface area contributed by atoms with Gasteiger partial charge in [0.25, 0.3) is 11.8 Å². The predicted molar refractivity (Wildman–Crippen MR) is 140 cm³/mol. The van der Waals surface area contributed by atoms with Crippen LogP contribution in [0, 0.1) is 5.82 Å². The van der Waals surface area contributed by atoms with E-state index in [0.29, 0.717) is 34.9 Å². The van der Waals surface area contributed by atoms with Gasteiger partial charge in [-0.15, -0.1) is 0 Å². The third-order valence-electron chi connectivity index (χ3n) is 5.62. The molecule has 3 aromatic rings. The Balaban J connectivity index is 1.61. The Labute approximate surface area is 214 Å². The summed E-state index contributed by atoms with van der Waals surface area (Å²) in [4.78, 5) is 27.3. The van der Waals surface area contributed by atoms with Crippen molar-refractivity contribution < 1.29 is 23.5 Å². The summed E-state index contributed by atoms with van der Waals surface area (Å²) >= 11 is 5.28. The second kappa shape index (κ2) is 11.1. The van der Waals surface area contributed by atoms with E-state index >= 15 is 0 Å². The fourth-order valence-electron chi connectivity index (χ4n) is 3.71.